The number of nitrogens with two attached hydrogens (primary N) is 1. The first-order valence-corrected chi connectivity index (χ1v) is 5.32. The molecule has 0 aliphatic heterocycles. The summed E-state index contributed by atoms with van der Waals surface area (Å²) in [6, 6.07) is 5.48. The first-order chi connectivity index (χ1) is 8.21. The molecule has 0 atom stereocenters. The molecule has 0 aromatic carbocycles. The molecule has 0 spiro atoms. The highest BCUT2D eigenvalue weighted by Gasteiger charge is 2.07. The Morgan fingerprint density at radius 2 is 2.35 bits per heavy atom. The molecule has 0 saturated carbocycles. The van der Waals surface area contributed by atoms with Gasteiger partial charge in [0.15, 0.2) is 0 Å². The third-order valence-electron chi connectivity index (χ3n) is 2.12. The maximum Gasteiger partial charge on any atom is 0.259 e. The fraction of sp³-hybridized carbons (Fsp3) is 0.250. The van der Waals surface area contributed by atoms with Gasteiger partial charge in [0.1, 0.15) is 5.82 Å². The number of aromatic nitrogens is 1. The fourth-order valence-corrected chi connectivity index (χ4v) is 1.25. The molecule has 1 amide bonds. The Morgan fingerprint density at radius 3 is 2.94 bits per heavy atom. The molecule has 0 bridgehead atoms. The Kier molecular flexibility index (Phi) is 4.87. The van der Waals surface area contributed by atoms with Crippen LogP contribution in [0.15, 0.2) is 35.0 Å². The van der Waals surface area contributed by atoms with Gasteiger partial charge in [0, 0.05) is 25.2 Å². The van der Waals surface area contributed by atoms with Gasteiger partial charge in [-0.2, -0.15) is 0 Å². The summed E-state index contributed by atoms with van der Waals surface area (Å²) in [5, 5.41) is 2.66. The number of aliphatic imine (C=N–C) groups is 1. The smallest absolute Gasteiger partial charge is 0.259 e. The number of pyridine rings is 1. The highest BCUT2D eigenvalue weighted by atomic mass is 16.1. The summed E-state index contributed by atoms with van der Waals surface area (Å²) in [4.78, 5) is 19.8. The molecule has 0 aliphatic carbocycles. The van der Waals surface area contributed by atoms with E-state index in [9.17, 15) is 4.79 Å². The van der Waals surface area contributed by atoms with Gasteiger partial charge in [-0.25, -0.2) is 4.98 Å². The lowest BCUT2D eigenvalue weighted by Crippen LogP contribution is -2.17. The van der Waals surface area contributed by atoms with Crippen LogP contribution >= 0.6 is 0 Å². The Hall–Kier alpha value is -2.17. The number of carbonyl (C=O) groups excluding carboxylic acids is 1. The summed E-state index contributed by atoms with van der Waals surface area (Å²) in [7, 11) is 1.58. The van der Waals surface area contributed by atoms with E-state index in [1.165, 1.54) is 12.4 Å². The monoisotopic (exact) mass is 232 g/mol. The maximum atomic E-state index is 11.7. The average Bonchev–Trinajstić information content (AvgIpc) is 2.36. The van der Waals surface area contributed by atoms with Crippen LogP contribution in [0.25, 0.3) is 0 Å². The van der Waals surface area contributed by atoms with E-state index in [1.807, 2.05) is 19.1 Å². The zero-order valence-electron chi connectivity index (χ0n) is 9.97. The lowest BCUT2D eigenvalue weighted by Gasteiger charge is -2.05. The number of hydrogen-bond acceptors (Lipinski definition) is 4. The fourth-order valence-electron chi connectivity index (χ4n) is 1.25. The standard InChI is InChI=1S/C12H16N4O/c1-3-10-5-4-6-11(15-10)16-12(17)9(7-13)8-14-2/h4-8H,3,13H2,1-2H3,(H,15,16,17)/b9-7+,14-8?. The van der Waals surface area contributed by atoms with Crippen molar-refractivity contribution in [1.82, 2.24) is 4.98 Å². The quantitative estimate of drug-likeness (QED) is 0.603. The van der Waals surface area contributed by atoms with Crippen LogP contribution in [0.5, 0.6) is 0 Å². The largest absolute Gasteiger partial charge is 0.404 e. The summed E-state index contributed by atoms with van der Waals surface area (Å²) in [6.45, 7) is 2.00. The molecule has 0 unspecified atom stereocenters. The van der Waals surface area contributed by atoms with Gasteiger partial charge in [0.25, 0.3) is 5.91 Å². The second-order valence-electron chi connectivity index (χ2n) is 3.33. The van der Waals surface area contributed by atoms with Crippen molar-refractivity contribution in [2.45, 2.75) is 13.3 Å². The van der Waals surface area contributed by atoms with Gasteiger partial charge in [0.05, 0.1) is 5.57 Å². The van der Waals surface area contributed by atoms with E-state index in [0.717, 1.165) is 12.1 Å². The third kappa shape index (κ3) is 3.71. The summed E-state index contributed by atoms with van der Waals surface area (Å²) in [5.41, 5.74) is 6.56. The molecule has 0 fully saturated rings. The molecule has 0 radical (unpaired) electrons. The number of anilines is 1. The lowest BCUT2D eigenvalue weighted by atomic mass is 10.2. The summed E-state index contributed by atoms with van der Waals surface area (Å²) in [6.07, 6.45) is 3.44. The first kappa shape index (κ1) is 12.9. The van der Waals surface area contributed by atoms with E-state index in [1.54, 1.807) is 13.1 Å². The second kappa shape index (κ2) is 6.42. The van der Waals surface area contributed by atoms with E-state index in [-0.39, 0.29) is 5.91 Å². The number of carbonyl (C=O) groups is 1. The van der Waals surface area contributed by atoms with Crippen molar-refractivity contribution in [3.8, 4) is 0 Å². The van der Waals surface area contributed by atoms with Crippen molar-refractivity contribution in [3.05, 3.63) is 35.7 Å². The van der Waals surface area contributed by atoms with Crippen molar-refractivity contribution in [2.75, 3.05) is 12.4 Å². The van der Waals surface area contributed by atoms with Crippen LogP contribution in [0.4, 0.5) is 5.82 Å². The molecule has 90 valence electrons. The normalized spacial score (nSPS) is 11.8. The molecule has 1 aromatic heterocycles. The van der Waals surface area contributed by atoms with Gasteiger partial charge in [-0.05, 0) is 18.6 Å². The van der Waals surface area contributed by atoms with Crippen molar-refractivity contribution < 1.29 is 4.79 Å². The Labute approximate surface area is 100 Å². The lowest BCUT2D eigenvalue weighted by molar-refractivity contribution is -0.112. The number of nitrogens with one attached hydrogen (secondary N) is 1. The number of aryl methyl sites for hydroxylation is 1. The molecule has 0 saturated heterocycles. The minimum Gasteiger partial charge on any atom is -0.404 e. The zero-order chi connectivity index (χ0) is 12.7. The highest BCUT2D eigenvalue weighted by Crippen LogP contribution is 2.06. The number of rotatable bonds is 4. The Morgan fingerprint density at radius 1 is 1.59 bits per heavy atom. The first-order valence-electron chi connectivity index (χ1n) is 5.32. The van der Waals surface area contributed by atoms with Crippen LogP contribution < -0.4 is 11.1 Å². The molecule has 0 aliphatic rings. The average molecular weight is 232 g/mol. The number of amides is 1. The Bertz CT molecular complexity index is 452. The van der Waals surface area contributed by atoms with E-state index < -0.39 is 0 Å². The third-order valence-corrected chi connectivity index (χ3v) is 2.12. The molecule has 5 nitrogen and oxygen atoms in total. The van der Waals surface area contributed by atoms with Gasteiger partial charge < -0.3 is 11.1 Å². The van der Waals surface area contributed by atoms with Gasteiger partial charge in [0.2, 0.25) is 0 Å². The predicted molar refractivity (Wildman–Crippen MR) is 68.9 cm³/mol. The van der Waals surface area contributed by atoms with Crippen molar-refractivity contribution in [2.24, 2.45) is 10.7 Å². The van der Waals surface area contributed by atoms with E-state index in [0.29, 0.717) is 11.4 Å². The van der Waals surface area contributed by atoms with Gasteiger partial charge in [-0.1, -0.05) is 13.0 Å². The van der Waals surface area contributed by atoms with Crippen LogP contribution in [-0.2, 0) is 11.2 Å². The highest BCUT2D eigenvalue weighted by molar-refractivity contribution is 6.17. The number of hydrogen-bond donors (Lipinski definition) is 2. The van der Waals surface area contributed by atoms with Crippen LogP contribution in [0.1, 0.15) is 12.6 Å². The molecule has 1 aromatic rings. The summed E-state index contributed by atoms with van der Waals surface area (Å²) < 4.78 is 0. The Balaban J connectivity index is 2.80. The van der Waals surface area contributed by atoms with Gasteiger partial charge >= 0.3 is 0 Å². The zero-order valence-corrected chi connectivity index (χ0v) is 9.97. The van der Waals surface area contributed by atoms with E-state index in [4.69, 9.17) is 5.73 Å². The van der Waals surface area contributed by atoms with E-state index in [2.05, 4.69) is 15.3 Å². The molecule has 17 heavy (non-hydrogen) atoms. The molecule has 5 heteroatoms. The molecule has 3 N–H and O–H groups in total. The van der Waals surface area contributed by atoms with Crippen LogP contribution in [0, 0.1) is 0 Å². The molecular formula is C12H16N4O. The van der Waals surface area contributed by atoms with Gasteiger partial charge in [-0.15, -0.1) is 0 Å². The van der Waals surface area contributed by atoms with Crippen LogP contribution in [0.3, 0.4) is 0 Å². The predicted octanol–water partition coefficient (Wildman–Crippen LogP) is 1.13. The topological polar surface area (TPSA) is 80.4 Å². The minimum absolute atomic E-state index is 0.302. The van der Waals surface area contributed by atoms with E-state index >= 15 is 0 Å². The van der Waals surface area contributed by atoms with Crippen molar-refractivity contribution >= 4 is 17.9 Å². The van der Waals surface area contributed by atoms with Gasteiger partial charge in [-0.3, -0.25) is 9.79 Å². The summed E-state index contributed by atoms with van der Waals surface area (Å²) in [5.74, 6) is 0.192. The summed E-state index contributed by atoms with van der Waals surface area (Å²) >= 11 is 0. The van der Waals surface area contributed by atoms with Crippen molar-refractivity contribution in [1.29, 1.82) is 0 Å². The number of nitrogens with zero attached hydrogens (tertiary/aromatic N) is 2. The SMILES string of the molecule is CCc1cccc(NC(=O)/C(C=NC)=C/N)n1. The second-order valence-corrected chi connectivity index (χ2v) is 3.33. The molecular weight excluding hydrogens is 216 g/mol. The van der Waals surface area contributed by atoms with Crippen LogP contribution in [0.2, 0.25) is 0 Å². The molecule has 1 heterocycles. The molecule has 1 rings (SSSR count). The maximum absolute atomic E-state index is 11.7. The van der Waals surface area contributed by atoms with Crippen LogP contribution in [-0.4, -0.2) is 24.2 Å². The minimum atomic E-state index is -0.321. The van der Waals surface area contributed by atoms with Crippen molar-refractivity contribution in [3.63, 3.8) is 0 Å².